The molecular weight excluding hydrogens is 1660 g/mol. The minimum atomic E-state index is -1.61. The molecular formula is C81H129N8O34P. The van der Waals surface area contributed by atoms with Crippen LogP contribution in [-0.2, 0) is 152 Å². The first kappa shape index (κ1) is 108. The topological polar surface area (TPSA) is 519 Å². The maximum atomic E-state index is 14.9. The summed E-state index contributed by atoms with van der Waals surface area (Å²) in [6.45, 7) is 23.5. The molecule has 702 valence electrons. The molecule has 124 heavy (non-hydrogen) atoms. The van der Waals surface area contributed by atoms with Crippen LogP contribution in [0.5, 0.6) is 5.75 Å². The van der Waals surface area contributed by atoms with E-state index in [4.69, 9.17) is 89.6 Å². The molecule has 17 unspecified atom stereocenters. The number of carbonyl (C=O) groups is 15. The summed E-state index contributed by atoms with van der Waals surface area (Å²) < 4.78 is 113. The molecule has 0 aromatic heterocycles. The van der Waals surface area contributed by atoms with Gasteiger partial charge in [-0.25, -0.2) is 4.67 Å². The van der Waals surface area contributed by atoms with Crippen LogP contribution in [-0.4, -0.2) is 309 Å². The average Bonchev–Trinajstić information content (AvgIpc) is 0.797. The Morgan fingerprint density at radius 3 is 1.10 bits per heavy atom. The Bertz CT molecular complexity index is 3450. The van der Waals surface area contributed by atoms with Crippen molar-refractivity contribution in [2.24, 2.45) is 0 Å². The Morgan fingerprint density at radius 1 is 0.419 bits per heavy atom. The second kappa shape index (κ2) is 57.0. The number of benzene rings is 1. The molecule has 42 nitrogen and oxygen atoms in total. The zero-order valence-corrected chi connectivity index (χ0v) is 75.0. The van der Waals surface area contributed by atoms with Gasteiger partial charge in [-0.1, -0.05) is 6.92 Å². The molecule has 7 N–H and O–H groups in total. The Hall–Kier alpha value is -8.78. The number of nitrogens with zero attached hydrogens (tertiary/aromatic N) is 1. The highest BCUT2D eigenvalue weighted by atomic mass is 31.2. The predicted molar refractivity (Wildman–Crippen MR) is 435 cm³/mol. The molecule has 3 fully saturated rings. The Kier molecular flexibility index (Phi) is 49.5. The van der Waals surface area contributed by atoms with Gasteiger partial charge in [0.25, 0.3) is 5.91 Å². The van der Waals surface area contributed by atoms with Crippen molar-refractivity contribution in [2.75, 3.05) is 106 Å². The van der Waals surface area contributed by atoms with Crippen molar-refractivity contribution < 1.29 is 161 Å². The first-order valence-corrected chi connectivity index (χ1v) is 42.6. The van der Waals surface area contributed by atoms with Crippen LogP contribution in [0, 0.1) is 0 Å². The van der Waals surface area contributed by atoms with E-state index < -0.39 is 196 Å². The van der Waals surface area contributed by atoms with Gasteiger partial charge in [0.2, 0.25) is 35.4 Å². The van der Waals surface area contributed by atoms with Crippen molar-refractivity contribution in [1.82, 2.24) is 41.9 Å². The summed E-state index contributed by atoms with van der Waals surface area (Å²) in [5, 5.41) is 19.4. The summed E-state index contributed by atoms with van der Waals surface area (Å²) in [4.78, 5) is 193. The summed E-state index contributed by atoms with van der Waals surface area (Å²) in [7, 11) is -1.61. The van der Waals surface area contributed by atoms with Gasteiger partial charge in [-0.3, -0.25) is 67.1 Å². The van der Waals surface area contributed by atoms with Crippen molar-refractivity contribution in [1.29, 1.82) is 0 Å². The van der Waals surface area contributed by atoms with Crippen LogP contribution in [0.3, 0.4) is 0 Å². The number of hydrogen-bond acceptors (Lipinski definition) is 35. The molecule has 0 bridgehead atoms. The van der Waals surface area contributed by atoms with Gasteiger partial charge in [0.1, 0.15) is 54.6 Å². The molecule has 4 rings (SSSR count). The smallest absolute Gasteiger partial charge is 0.321 e. The fourth-order valence-corrected chi connectivity index (χ4v) is 15.3. The Balaban J connectivity index is 1.61. The molecule has 0 radical (unpaired) electrons. The summed E-state index contributed by atoms with van der Waals surface area (Å²) in [6, 6.07) is 2.78. The van der Waals surface area contributed by atoms with Gasteiger partial charge in [0.15, 0.2) is 55.5 Å². The summed E-state index contributed by atoms with van der Waals surface area (Å²) in [5.74, 6) is -9.00. The third-order valence-corrected chi connectivity index (χ3v) is 20.7. The van der Waals surface area contributed by atoms with Gasteiger partial charge in [-0.2, -0.15) is 0 Å². The monoisotopic (exact) mass is 1790 g/mol. The first-order chi connectivity index (χ1) is 58.8. The lowest BCUT2D eigenvalue weighted by Crippen LogP contribution is -2.66. The third-order valence-electron chi connectivity index (χ3n) is 18.6. The van der Waals surface area contributed by atoms with E-state index in [1.807, 2.05) is 34.6 Å². The van der Waals surface area contributed by atoms with E-state index in [1.165, 1.54) is 27.7 Å². The van der Waals surface area contributed by atoms with E-state index in [1.54, 1.807) is 31.2 Å². The van der Waals surface area contributed by atoms with Gasteiger partial charge in [-0.05, 0) is 97.9 Å². The zero-order chi connectivity index (χ0) is 92.2. The average molecular weight is 1790 g/mol. The quantitative estimate of drug-likeness (QED) is 0.0213. The van der Waals surface area contributed by atoms with Crippen LogP contribution in [0.15, 0.2) is 24.3 Å². The van der Waals surface area contributed by atoms with Crippen LogP contribution in [0.2, 0.25) is 0 Å². The first-order valence-electron chi connectivity index (χ1n) is 41.5. The van der Waals surface area contributed by atoms with Crippen molar-refractivity contribution in [3.63, 3.8) is 0 Å². The number of rotatable bonds is 57. The van der Waals surface area contributed by atoms with Gasteiger partial charge in [-0.15, -0.1) is 0 Å². The van der Waals surface area contributed by atoms with E-state index in [0.717, 1.165) is 54.9 Å². The minimum absolute atomic E-state index is 0.000787. The van der Waals surface area contributed by atoms with Crippen molar-refractivity contribution in [3.05, 3.63) is 29.8 Å². The molecule has 43 heteroatoms. The largest absolute Gasteiger partial charge is 0.463 e. The minimum Gasteiger partial charge on any atom is -0.463 e. The predicted octanol–water partition coefficient (Wildman–Crippen LogP) is 2.34. The highest BCUT2D eigenvalue weighted by Crippen LogP contribution is 2.46. The van der Waals surface area contributed by atoms with E-state index in [0.29, 0.717) is 12.4 Å². The molecule has 1 aromatic rings. The molecule has 0 spiro atoms. The summed E-state index contributed by atoms with van der Waals surface area (Å²) in [5.41, 5.74) is -1.37. The van der Waals surface area contributed by atoms with Crippen molar-refractivity contribution >= 4 is 97.4 Å². The van der Waals surface area contributed by atoms with Crippen LogP contribution in [0.1, 0.15) is 186 Å². The highest BCUT2D eigenvalue weighted by molar-refractivity contribution is 7.45. The number of ether oxygens (including phenoxy) is 17. The van der Waals surface area contributed by atoms with Gasteiger partial charge in [0, 0.05) is 144 Å². The third kappa shape index (κ3) is 40.2. The Labute approximate surface area is 724 Å². The van der Waals surface area contributed by atoms with E-state index in [2.05, 4.69) is 41.9 Å². The lowest BCUT2D eigenvalue weighted by molar-refractivity contribution is -0.280. The molecule has 17 atom stereocenters. The van der Waals surface area contributed by atoms with E-state index in [9.17, 15) is 71.9 Å². The lowest BCUT2D eigenvalue weighted by atomic mass is 9.82. The van der Waals surface area contributed by atoms with Gasteiger partial charge < -0.3 is 132 Å². The Morgan fingerprint density at radius 2 is 0.774 bits per heavy atom. The highest BCUT2D eigenvalue weighted by Gasteiger charge is 2.54. The maximum absolute atomic E-state index is 14.9. The van der Waals surface area contributed by atoms with Crippen LogP contribution in [0.4, 0.5) is 0 Å². The number of hydrogen-bond donors (Lipinski definition) is 7. The number of ketones is 1. The fourth-order valence-electron chi connectivity index (χ4n) is 13.6. The molecule has 1 aromatic carbocycles. The molecule has 3 saturated heterocycles. The van der Waals surface area contributed by atoms with Crippen molar-refractivity contribution in [3.8, 4) is 5.75 Å². The maximum Gasteiger partial charge on any atom is 0.321 e. The van der Waals surface area contributed by atoms with Crippen molar-refractivity contribution in [2.45, 2.75) is 285 Å². The molecule has 0 saturated carbocycles. The molecule has 7 amide bonds. The second-order valence-electron chi connectivity index (χ2n) is 29.9. The number of nitrogens with one attached hydrogen (secondary N) is 7. The number of amides is 7. The summed E-state index contributed by atoms with van der Waals surface area (Å²) in [6.07, 6.45) is -15.5. The number of Topliss-reactive ketones (excluding diaryl/α,β-unsaturated/α-hetero) is 1. The standard InChI is InChI=1S/C81H129N8O34P/c1-18-35-113-124(89(47(3)4)48(5)6)123-61-23-21-60(22-24-61)77(104)88-81(30-27-66(102)83-33-37-107-40-43-110-79-69(86-51(9)92)75(118-58(16)99)72(115-55(13)96)63(121-79)45-105-19-2,29-26-65(101)82-32-36-106-39-42-109-78-68(85-50(8)91)74(117-57(15)98)71(114-54(12)95)62(120-78)25-20-49(7)90)31-28-67(103)84-34-38-108-41-44-111-80-70(87-52(10)93)76(119-59(17)100)73(116-56(14)97)64(122-80)46-112-53(11)94/h21-24,47-48,62-64,68-76,78-80H,18-20,25-46H2,1-17H3,(H,82,101)(H,83,102)(H,84,103)(H,85,91)(H,86,92)(H,87,93)(H,88,104). The number of esters is 7. The SMILES string of the molecule is CCCOP(Oc1ccc(C(=O)NC(CCC(=O)NCCOCCOC2OC(CCC(C)=O)C(OC(C)=O)C(OC(C)=O)C2NC(C)=O)(CCC(=O)NCCOCCOC2OC(COCC)C(OC(C)=O)C(OC(C)=O)C2NC(C)=O)CCC(=O)NCCOCCOC2OC(COC(C)=O)C(OC(C)=O)C(OC(C)=O)C2NC(C)=O)cc1)N(C(C)C)C(C)C. The van der Waals surface area contributed by atoms with E-state index in [-0.39, 0.29) is 167 Å². The second-order valence-corrected chi connectivity index (χ2v) is 31.3. The van der Waals surface area contributed by atoms with Gasteiger partial charge >= 0.3 is 50.3 Å². The normalized spacial score (nSPS) is 23.0. The van der Waals surface area contributed by atoms with Crippen LogP contribution < -0.4 is 41.7 Å². The fraction of sp³-hybridized carbons (Fsp3) is 0.741. The van der Waals surface area contributed by atoms with Crippen LogP contribution >= 0.6 is 8.53 Å². The number of carbonyl (C=O) groups excluding carboxylic acids is 15. The van der Waals surface area contributed by atoms with Crippen LogP contribution in [0.25, 0.3) is 0 Å². The zero-order valence-electron chi connectivity index (χ0n) is 74.1. The molecule has 3 heterocycles. The molecule has 3 aliphatic heterocycles. The van der Waals surface area contributed by atoms with Gasteiger partial charge in [0.05, 0.1) is 72.7 Å². The molecule has 0 aliphatic carbocycles. The molecule has 3 aliphatic rings. The summed E-state index contributed by atoms with van der Waals surface area (Å²) >= 11 is 0. The van der Waals surface area contributed by atoms with E-state index >= 15 is 0 Å². The lowest BCUT2D eigenvalue weighted by Gasteiger charge is -2.45.